The first kappa shape index (κ1) is 8.24. The lowest BCUT2D eigenvalue weighted by molar-refractivity contribution is -0.131. The second-order valence-electron chi connectivity index (χ2n) is 3.09. The number of hydrogen-bond donors (Lipinski definition) is 0. The Morgan fingerprint density at radius 1 is 1.73 bits per heavy atom. The molecule has 2 atom stereocenters. The molecule has 0 aliphatic carbocycles. The number of ether oxygens (including phenoxy) is 1. The highest BCUT2D eigenvalue weighted by Gasteiger charge is 2.42. The minimum absolute atomic E-state index is 0.0330. The zero-order valence-electron chi connectivity index (χ0n) is 7.34. The van der Waals surface area contributed by atoms with Gasteiger partial charge < -0.3 is 4.74 Å². The summed E-state index contributed by atoms with van der Waals surface area (Å²) < 4.78 is 5.32. The molecule has 0 aromatic heterocycles. The zero-order valence-corrected chi connectivity index (χ0v) is 7.34. The standard InChI is InChI=1S/C8H13NO2/c1-5-8(4,6(2)10)11-7(3)9-5/h5H,1-4H3/t5-,8+/m1/s1. The van der Waals surface area contributed by atoms with Crippen LogP contribution in [-0.4, -0.2) is 23.3 Å². The molecule has 0 spiro atoms. The number of ketones is 1. The van der Waals surface area contributed by atoms with Crippen molar-refractivity contribution in [1.29, 1.82) is 0 Å². The summed E-state index contributed by atoms with van der Waals surface area (Å²) in [7, 11) is 0. The van der Waals surface area contributed by atoms with Gasteiger partial charge in [-0.05, 0) is 20.8 Å². The van der Waals surface area contributed by atoms with E-state index in [4.69, 9.17) is 4.74 Å². The van der Waals surface area contributed by atoms with Gasteiger partial charge in [0.1, 0.15) is 0 Å². The fraction of sp³-hybridized carbons (Fsp3) is 0.750. The largest absolute Gasteiger partial charge is 0.465 e. The Balaban J connectivity index is 2.86. The summed E-state index contributed by atoms with van der Waals surface area (Å²) in [4.78, 5) is 15.3. The van der Waals surface area contributed by atoms with Crippen molar-refractivity contribution in [3.63, 3.8) is 0 Å². The van der Waals surface area contributed by atoms with E-state index < -0.39 is 5.60 Å². The van der Waals surface area contributed by atoms with Gasteiger partial charge in [-0.3, -0.25) is 4.79 Å². The van der Waals surface area contributed by atoms with E-state index in [0.717, 1.165) is 0 Å². The molecule has 62 valence electrons. The van der Waals surface area contributed by atoms with Gasteiger partial charge in [-0.2, -0.15) is 0 Å². The van der Waals surface area contributed by atoms with Gasteiger partial charge in [-0.15, -0.1) is 0 Å². The van der Waals surface area contributed by atoms with Gasteiger partial charge in [0.05, 0.1) is 6.04 Å². The molecule has 0 N–H and O–H groups in total. The fourth-order valence-electron chi connectivity index (χ4n) is 1.18. The monoisotopic (exact) mass is 155 g/mol. The van der Waals surface area contributed by atoms with Crippen LogP contribution in [-0.2, 0) is 9.53 Å². The molecule has 0 unspecified atom stereocenters. The minimum atomic E-state index is -0.718. The van der Waals surface area contributed by atoms with Crippen molar-refractivity contribution in [2.45, 2.75) is 39.3 Å². The number of nitrogens with zero attached hydrogens (tertiary/aromatic N) is 1. The quantitative estimate of drug-likeness (QED) is 0.570. The molecule has 3 nitrogen and oxygen atoms in total. The summed E-state index contributed by atoms with van der Waals surface area (Å²) in [5.74, 6) is 0.640. The maximum Gasteiger partial charge on any atom is 0.187 e. The molecular weight excluding hydrogens is 142 g/mol. The van der Waals surface area contributed by atoms with E-state index in [2.05, 4.69) is 4.99 Å². The summed E-state index contributed by atoms with van der Waals surface area (Å²) in [5, 5.41) is 0. The maximum absolute atomic E-state index is 11.1. The normalized spacial score (nSPS) is 36.4. The van der Waals surface area contributed by atoms with Crippen molar-refractivity contribution in [2.24, 2.45) is 4.99 Å². The highest BCUT2D eigenvalue weighted by atomic mass is 16.5. The number of Topliss-reactive ketones (excluding diaryl/α,β-unsaturated/α-hetero) is 1. The average molecular weight is 155 g/mol. The molecule has 0 amide bonds. The lowest BCUT2D eigenvalue weighted by Crippen LogP contribution is -2.42. The topological polar surface area (TPSA) is 38.7 Å². The second-order valence-corrected chi connectivity index (χ2v) is 3.09. The maximum atomic E-state index is 11.1. The van der Waals surface area contributed by atoms with Crippen LogP contribution in [0.1, 0.15) is 27.7 Å². The molecule has 0 saturated carbocycles. The predicted octanol–water partition coefficient (Wildman–Crippen LogP) is 1.17. The summed E-state index contributed by atoms with van der Waals surface area (Å²) >= 11 is 0. The smallest absolute Gasteiger partial charge is 0.187 e. The van der Waals surface area contributed by atoms with Crippen LogP contribution in [0.5, 0.6) is 0 Å². The van der Waals surface area contributed by atoms with Crippen LogP contribution in [0.15, 0.2) is 4.99 Å². The number of aliphatic imine (C=N–C) groups is 1. The first-order valence-corrected chi connectivity index (χ1v) is 3.71. The van der Waals surface area contributed by atoms with Gasteiger partial charge in [-0.1, -0.05) is 0 Å². The van der Waals surface area contributed by atoms with E-state index in [-0.39, 0.29) is 11.8 Å². The number of hydrogen-bond acceptors (Lipinski definition) is 3. The molecule has 1 aliphatic rings. The first-order valence-electron chi connectivity index (χ1n) is 3.71. The van der Waals surface area contributed by atoms with E-state index in [1.807, 2.05) is 6.92 Å². The van der Waals surface area contributed by atoms with Crippen LogP contribution < -0.4 is 0 Å². The second kappa shape index (κ2) is 2.32. The summed E-state index contributed by atoms with van der Waals surface area (Å²) in [5.41, 5.74) is -0.718. The van der Waals surface area contributed by atoms with E-state index in [1.54, 1.807) is 13.8 Å². The van der Waals surface area contributed by atoms with Crippen LogP contribution in [0, 0.1) is 0 Å². The Morgan fingerprint density at radius 2 is 2.27 bits per heavy atom. The van der Waals surface area contributed by atoms with Crippen molar-refractivity contribution in [1.82, 2.24) is 0 Å². The van der Waals surface area contributed by atoms with Crippen molar-refractivity contribution in [2.75, 3.05) is 0 Å². The van der Waals surface area contributed by atoms with Crippen LogP contribution in [0.4, 0.5) is 0 Å². The molecular formula is C8H13NO2. The van der Waals surface area contributed by atoms with E-state index in [9.17, 15) is 4.79 Å². The van der Waals surface area contributed by atoms with Gasteiger partial charge in [0.25, 0.3) is 0 Å². The van der Waals surface area contributed by atoms with Gasteiger partial charge in [-0.25, -0.2) is 4.99 Å². The molecule has 0 bridgehead atoms. The van der Waals surface area contributed by atoms with Crippen LogP contribution in [0.25, 0.3) is 0 Å². The molecule has 0 fully saturated rings. The van der Waals surface area contributed by atoms with Gasteiger partial charge in [0, 0.05) is 6.92 Å². The van der Waals surface area contributed by atoms with Crippen molar-refractivity contribution in [3.8, 4) is 0 Å². The molecule has 0 aromatic rings. The van der Waals surface area contributed by atoms with Gasteiger partial charge in [0.15, 0.2) is 17.3 Å². The third kappa shape index (κ3) is 1.15. The molecule has 1 rings (SSSR count). The summed E-state index contributed by atoms with van der Waals surface area (Å²) in [6.45, 7) is 6.97. The highest BCUT2D eigenvalue weighted by Crippen LogP contribution is 2.25. The Kier molecular flexibility index (Phi) is 1.74. The van der Waals surface area contributed by atoms with Crippen molar-refractivity contribution >= 4 is 11.7 Å². The molecule has 0 saturated heterocycles. The zero-order chi connectivity index (χ0) is 8.65. The Bertz CT molecular complexity index is 222. The first-order chi connectivity index (χ1) is 4.97. The molecule has 1 heterocycles. The third-order valence-corrected chi connectivity index (χ3v) is 2.23. The van der Waals surface area contributed by atoms with Crippen molar-refractivity contribution < 1.29 is 9.53 Å². The molecule has 0 aromatic carbocycles. The summed E-state index contributed by atoms with van der Waals surface area (Å²) in [6, 6.07) is -0.0556. The van der Waals surface area contributed by atoms with E-state index in [1.165, 1.54) is 6.92 Å². The molecule has 0 radical (unpaired) electrons. The summed E-state index contributed by atoms with van der Waals surface area (Å²) in [6.07, 6.45) is 0. The minimum Gasteiger partial charge on any atom is -0.465 e. The SMILES string of the molecule is CC(=O)[C@@]1(C)OC(C)=N[C@@H]1C. The fourth-order valence-corrected chi connectivity index (χ4v) is 1.18. The van der Waals surface area contributed by atoms with Gasteiger partial charge >= 0.3 is 0 Å². The Hall–Kier alpha value is -0.860. The highest BCUT2D eigenvalue weighted by molar-refractivity contribution is 5.91. The van der Waals surface area contributed by atoms with Crippen LogP contribution in [0.3, 0.4) is 0 Å². The lowest BCUT2D eigenvalue weighted by Gasteiger charge is -2.23. The van der Waals surface area contributed by atoms with Crippen LogP contribution in [0.2, 0.25) is 0 Å². The van der Waals surface area contributed by atoms with E-state index >= 15 is 0 Å². The predicted molar refractivity (Wildman–Crippen MR) is 42.7 cm³/mol. The Morgan fingerprint density at radius 3 is 2.45 bits per heavy atom. The Labute approximate surface area is 66.5 Å². The molecule has 3 heteroatoms. The van der Waals surface area contributed by atoms with E-state index in [0.29, 0.717) is 5.90 Å². The number of carbonyl (C=O) groups is 1. The average Bonchev–Trinajstić information content (AvgIpc) is 2.08. The third-order valence-electron chi connectivity index (χ3n) is 2.23. The molecule has 1 aliphatic heterocycles. The van der Waals surface area contributed by atoms with Crippen molar-refractivity contribution in [3.05, 3.63) is 0 Å². The molecule has 11 heavy (non-hydrogen) atoms. The van der Waals surface area contributed by atoms with Gasteiger partial charge in [0.2, 0.25) is 0 Å². The van der Waals surface area contributed by atoms with Crippen LogP contribution >= 0.6 is 0 Å². The number of rotatable bonds is 1. The lowest BCUT2D eigenvalue weighted by atomic mass is 9.95. The number of carbonyl (C=O) groups excluding carboxylic acids is 1.